The van der Waals surface area contributed by atoms with Crippen LogP contribution in [-0.2, 0) is 7.05 Å². The van der Waals surface area contributed by atoms with Crippen LogP contribution in [-0.4, -0.2) is 49.2 Å². The fourth-order valence-corrected chi connectivity index (χ4v) is 3.27. The Morgan fingerprint density at radius 3 is 2.70 bits per heavy atom. The summed E-state index contributed by atoms with van der Waals surface area (Å²) in [5, 5.41) is 14.8. The average molecular weight is 408 g/mol. The molecule has 2 aromatic heterocycles. The lowest BCUT2D eigenvalue weighted by atomic mass is 9.99. The number of carbonyl (C=O) groups excluding carboxylic acids is 1. The van der Waals surface area contributed by atoms with Gasteiger partial charge in [0.15, 0.2) is 5.82 Å². The second-order valence-corrected chi connectivity index (χ2v) is 7.23. The Balaban J connectivity index is 1.49. The van der Waals surface area contributed by atoms with E-state index in [2.05, 4.69) is 37.6 Å². The van der Waals surface area contributed by atoms with Gasteiger partial charge in [0, 0.05) is 13.1 Å². The van der Waals surface area contributed by atoms with Crippen LogP contribution in [0.15, 0.2) is 36.2 Å². The van der Waals surface area contributed by atoms with Crippen molar-refractivity contribution >= 4 is 23.2 Å². The maximum Gasteiger partial charge on any atom is 0.266 e. The summed E-state index contributed by atoms with van der Waals surface area (Å²) in [6.45, 7) is 5.21. The van der Waals surface area contributed by atoms with Crippen molar-refractivity contribution in [1.82, 2.24) is 30.2 Å². The lowest BCUT2D eigenvalue weighted by molar-refractivity contribution is 0.102. The normalized spacial score (nSPS) is 14.2. The number of rotatable bonds is 4. The number of benzene rings is 1. The van der Waals surface area contributed by atoms with Crippen molar-refractivity contribution in [2.75, 3.05) is 23.3 Å². The van der Waals surface area contributed by atoms with Crippen molar-refractivity contribution in [3.05, 3.63) is 58.8 Å². The van der Waals surface area contributed by atoms with Gasteiger partial charge in [0.05, 0.1) is 30.7 Å². The lowest BCUT2D eigenvalue weighted by Crippen LogP contribution is -2.32. The van der Waals surface area contributed by atoms with E-state index in [1.54, 1.807) is 26.2 Å². The summed E-state index contributed by atoms with van der Waals surface area (Å²) in [6, 6.07) is 4.45. The van der Waals surface area contributed by atoms with Crippen LogP contribution in [0.5, 0.6) is 0 Å². The van der Waals surface area contributed by atoms with Crippen LogP contribution >= 0.6 is 0 Å². The summed E-state index contributed by atoms with van der Waals surface area (Å²) in [7, 11) is 1.73. The first-order valence-corrected chi connectivity index (χ1v) is 9.48. The van der Waals surface area contributed by atoms with Crippen LogP contribution in [0.2, 0.25) is 0 Å². The fraction of sp³-hybridized carbons (Fsp3) is 0.300. The molecular weight excluding hydrogens is 387 g/mol. The fourth-order valence-electron chi connectivity index (χ4n) is 3.27. The largest absolute Gasteiger partial charge is 0.333 e. The molecule has 1 aliphatic heterocycles. The zero-order valence-electron chi connectivity index (χ0n) is 16.9. The van der Waals surface area contributed by atoms with E-state index in [1.807, 2.05) is 4.90 Å². The standard InChI is InChI=1S/C20H21FN8O/c1-12-4-5-14(16(21)8-12)19(30)24-18-10-22-17(9-23-18)15-11-29(7-6-13(15)2)20-25-27-28(3)26-20/h4-5,8-10H,6-7,11H2,1-3H3,(H,23,24,30). The topological polar surface area (TPSA) is 102 Å². The molecule has 0 spiro atoms. The molecule has 1 amide bonds. The third-order valence-electron chi connectivity index (χ3n) is 4.97. The van der Waals surface area contributed by atoms with E-state index in [1.165, 1.54) is 28.7 Å². The number of amides is 1. The molecule has 0 fully saturated rings. The van der Waals surface area contributed by atoms with E-state index in [0.717, 1.165) is 24.1 Å². The minimum atomic E-state index is -0.572. The van der Waals surface area contributed by atoms with E-state index < -0.39 is 11.7 Å². The molecule has 3 aromatic rings. The summed E-state index contributed by atoms with van der Waals surface area (Å²) < 4.78 is 14.0. The van der Waals surface area contributed by atoms with Gasteiger partial charge in [0.2, 0.25) is 0 Å². The minimum absolute atomic E-state index is 0.0376. The van der Waals surface area contributed by atoms with Gasteiger partial charge in [-0.15, -0.1) is 5.10 Å². The maximum atomic E-state index is 14.0. The van der Waals surface area contributed by atoms with Gasteiger partial charge in [-0.3, -0.25) is 9.78 Å². The molecule has 1 N–H and O–H groups in total. The number of tetrazole rings is 1. The van der Waals surface area contributed by atoms with Gasteiger partial charge >= 0.3 is 0 Å². The Kier molecular flexibility index (Phi) is 5.21. The molecule has 0 atom stereocenters. The molecule has 0 saturated heterocycles. The highest BCUT2D eigenvalue weighted by molar-refractivity contribution is 6.03. The Morgan fingerprint density at radius 1 is 1.20 bits per heavy atom. The molecule has 4 rings (SSSR count). The highest BCUT2D eigenvalue weighted by Gasteiger charge is 2.22. The highest BCUT2D eigenvalue weighted by Crippen LogP contribution is 2.27. The van der Waals surface area contributed by atoms with E-state index in [-0.39, 0.29) is 11.4 Å². The molecule has 1 aromatic carbocycles. The van der Waals surface area contributed by atoms with E-state index in [9.17, 15) is 9.18 Å². The molecule has 10 heteroatoms. The number of hydrogen-bond acceptors (Lipinski definition) is 7. The second-order valence-electron chi connectivity index (χ2n) is 7.23. The monoisotopic (exact) mass is 408 g/mol. The van der Waals surface area contributed by atoms with Crippen molar-refractivity contribution in [1.29, 1.82) is 0 Å². The molecule has 30 heavy (non-hydrogen) atoms. The smallest absolute Gasteiger partial charge is 0.266 e. The Bertz CT molecular complexity index is 1120. The lowest BCUT2D eigenvalue weighted by Gasteiger charge is -2.28. The molecule has 154 valence electrons. The van der Waals surface area contributed by atoms with E-state index in [4.69, 9.17) is 0 Å². The van der Waals surface area contributed by atoms with Crippen molar-refractivity contribution in [2.45, 2.75) is 20.3 Å². The Hall–Kier alpha value is -3.69. The van der Waals surface area contributed by atoms with Gasteiger partial charge in [0.1, 0.15) is 5.82 Å². The van der Waals surface area contributed by atoms with Crippen molar-refractivity contribution in [3.63, 3.8) is 0 Å². The van der Waals surface area contributed by atoms with Gasteiger partial charge in [-0.25, -0.2) is 9.37 Å². The first-order valence-electron chi connectivity index (χ1n) is 9.48. The summed E-state index contributed by atoms with van der Waals surface area (Å²) >= 11 is 0. The zero-order chi connectivity index (χ0) is 21.3. The van der Waals surface area contributed by atoms with Crippen LogP contribution in [0.1, 0.15) is 35.0 Å². The molecule has 3 heterocycles. The molecule has 0 bridgehead atoms. The van der Waals surface area contributed by atoms with Crippen molar-refractivity contribution < 1.29 is 9.18 Å². The minimum Gasteiger partial charge on any atom is -0.333 e. The number of nitrogens with one attached hydrogen (secondary N) is 1. The predicted octanol–water partition coefficient (Wildman–Crippen LogP) is 2.38. The Morgan fingerprint density at radius 2 is 2.03 bits per heavy atom. The summed E-state index contributed by atoms with van der Waals surface area (Å²) in [5.74, 6) is -0.315. The summed E-state index contributed by atoms with van der Waals surface area (Å²) in [4.78, 5) is 24.5. The first-order chi connectivity index (χ1) is 14.4. The van der Waals surface area contributed by atoms with Crippen LogP contribution in [0.25, 0.3) is 5.57 Å². The first kappa shape index (κ1) is 19.6. The van der Waals surface area contributed by atoms with Crippen molar-refractivity contribution in [2.24, 2.45) is 7.05 Å². The van der Waals surface area contributed by atoms with Gasteiger partial charge < -0.3 is 10.2 Å². The summed E-state index contributed by atoms with van der Waals surface area (Å²) in [5.41, 5.74) is 3.66. The predicted molar refractivity (Wildman–Crippen MR) is 109 cm³/mol. The van der Waals surface area contributed by atoms with Gasteiger partial charge in [-0.1, -0.05) is 16.7 Å². The highest BCUT2D eigenvalue weighted by atomic mass is 19.1. The average Bonchev–Trinajstić information content (AvgIpc) is 3.15. The third kappa shape index (κ3) is 4.02. The number of aromatic nitrogens is 6. The number of nitrogens with zero attached hydrogens (tertiary/aromatic N) is 7. The number of halogens is 1. The SMILES string of the molecule is CC1=C(c2cnc(NC(=O)c3ccc(C)cc3F)cn2)CN(c2nnn(C)n2)CC1. The molecule has 9 nitrogen and oxygen atoms in total. The molecule has 0 unspecified atom stereocenters. The molecule has 0 aliphatic carbocycles. The number of anilines is 2. The van der Waals surface area contributed by atoms with E-state index >= 15 is 0 Å². The maximum absolute atomic E-state index is 14.0. The summed E-state index contributed by atoms with van der Waals surface area (Å²) in [6.07, 6.45) is 3.92. The van der Waals surface area contributed by atoms with E-state index in [0.29, 0.717) is 18.2 Å². The quantitative estimate of drug-likeness (QED) is 0.707. The number of hydrogen-bond donors (Lipinski definition) is 1. The molecule has 1 aliphatic rings. The zero-order valence-corrected chi connectivity index (χ0v) is 16.9. The van der Waals surface area contributed by atoms with Crippen LogP contribution in [0.4, 0.5) is 16.2 Å². The van der Waals surface area contributed by atoms with Gasteiger partial charge in [-0.2, -0.15) is 4.80 Å². The molecular formula is C20H21FN8O. The van der Waals surface area contributed by atoms with Crippen LogP contribution in [0, 0.1) is 12.7 Å². The van der Waals surface area contributed by atoms with Crippen LogP contribution in [0.3, 0.4) is 0 Å². The third-order valence-corrected chi connectivity index (χ3v) is 4.97. The van der Waals surface area contributed by atoms with Crippen molar-refractivity contribution in [3.8, 4) is 0 Å². The number of carbonyl (C=O) groups is 1. The Labute approximate surface area is 172 Å². The van der Waals surface area contributed by atoms with Gasteiger partial charge in [-0.05, 0) is 48.8 Å². The number of aryl methyl sites for hydroxylation is 2. The van der Waals surface area contributed by atoms with Gasteiger partial charge in [0.25, 0.3) is 11.9 Å². The van der Waals surface area contributed by atoms with Crippen LogP contribution < -0.4 is 10.2 Å². The second kappa shape index (κ2) is 7.97. The molecule has 0 radical (unpaired) electrons. The molecule has 0 saturated carbocycles.